The minimum absolute atomic E-state index is 0.0146. The Morgan fingerprint density at radius 1 is 1.15 bits per heavy atom. The SMILES string of the molecule is CC(C)Oc1ccccc1-c1cn(-c2ccc(C(=O)O)c(O)c2)cc1C#N. The number of aromatic carboxylic acids is 1. The minimum atomic E-state index is -1.20. The van der Waals surface area contributed by atoms with Gasteiger partial charge in [0.15, 0.2) is 0 Å². The van der Waals surface area contributed by atoms with E-state index in [0.29, 0.717) is 22.6 Å². The Balaban J connectivity index is 2.09. The molecule has 0 saturated heterocycles. The molecule has 136 valence electrons. The molecule has 3 rings (SSSR count). The lowest BCUT2D eigenvalue weighted by atomic mass is 10.0. The van der Waals surface area contributed by atoms with Gasteiger partial charge in [-0.25, -0.2) is 4.79 Å². The summed E-state index contributed by atoms with van der Waals surface area (Å²) in [6.07, 6.45) is 3.38. The van der Waals surface area contributed by atoms with Crippen LogP contribution in [-0.2, 0) is 0 Å². The zero-order valence-corrected chi connectivity index (χ0v) is 14.9. The third-order valence-electron chi connectivity index (χ3n) is 4.00. The molecule has 2 N–H and O–H groups in total. The van der Waals surface area contributed by atoms with E-state index in [4.69, 9.17) is 9.84 Å². The Hall–Kier alpha value is -3.72. The lowest BCUT2D eigenvalue weighted by Gasteiger charge is -2.13. The number of nitriles is 1. The van der Waals surface area contributed by atoms with Crippen LogP contribution in [-0.4, -0.2) is 26.9 Å². The lowest BCUT2D eigenvalue weighted by molar-refractivity contribution is 0.0693. The van der Waals surface area contributed by atoms with Crippen LogP contribution in [0.3, 0.4) is 0 Å². The minimum Gasteiger partial charge on any atom is -0.507 e. The summed E-state index contributed by atoms with van der Waals surface area (Å²) >= 11 is 0. The molecular weight excluding hydrogens is 344 g/mol. The molecule has 27 heavy (non-hydrogen) atoms. The first-order chi connectivity index (χ1) is 12.9. The van der Waals surface area contributed by atoms with Crippen molar-refractivity contribution in [3.05, 3.63) is 66.0 Å². The van der Waals surface area contributed by atoms with Gasteiger partial charge in [-0.1, -0.05) is 18.2 Å². The number of hydrogen-bond acceptors (Lipinski definition) is 4. The average Bonchev–Trinajstić information content (AvgIpc) is 3.05. The van der Waals surface area contributed by atoms with Gasteiger partial charge in [-0.2, -0.15) is 5.26 Å². The first-order valence-electron chi connectivity index (χ1n) is 8.35. The monoisotopic (exact) mass is 362 g/mol. The normalized spacial score (nSPS) is 10.6. The van der Waals surface area contributed by atoms with E-state index in [1.54, 1.807) is 23.0 Å². The fraction of sp³-hybridized carbons (Fsp3) is 0.143. The summed E-state index contributed by atoms with van der Waals surface area (Å²) in [4.78, 5) is 11.1. The van der Waals surface area contributed by atoms with E-state index in [9.17, 15) is 15.2 Å². The quantitative estimate of drug-likeness (QED) is 0.709. The molecule has 0 aliphatic rings. The first-order valence-corrected chi connectivity index (χ1v) is 8.35. The van der Waals surface area contributed by atoms with Crippen LogP contribution in [0, 0.1) is 11.3 Å². The van der Waals surface area contributed by atoms with Crippen molar-refractivity contribution < 1.29 is 19.7 Å². The van der Waals surface area contributed by atoms with Crippen molar-refractivity contribution in [1.82, 2.24) is 4.57 Å². The largest absolute Gasteiger partial charge is 0.507 e. The maximum atomic E-state index is 11.1. The number of para-hydroxylation sites is 1. The summed E-state index contributed by atoms with van der Waals surface area (Å²) in [5, 5.41) is 28.5. The maximum Gasteiger partial charge on any atom is 0.339 e. The number of aromatic nitrogens is 1. The number of carboxylic acids is 1. The molecule has 0 unspecified atom stereocenters. The molecule has 2 aromatic carbocycles. The molecule has 0 aliphatic heterocycles. The van der Waals surface area contributed by atoms with Gasteiger partial charge in [-0.15, -0.1) is 0 Å². The second-order valence-electron chi connectivity index (χ2n) is 6.27. The van der Waals surface area contributed by atoms with Gasteiger partial charge in [0.2, 0.25) is 0 Å². The lowest BCUT2D eigenvalue weighted by Crippen LogP contribution is -2.06. The predicted octanol–water partition coefficient (Wildman–Crippen LogP) is 4.21. The van der Waals surface area contributed by atoms with Crippen LogP contribution >= 0.6 is 0 Å². The van der Waals surface area contributed by atoms with Crippen LogP contribution in [0.5, 0.6) is 11.5 Å². The highest BCUT2D eigenvalue weighted by molar-refractivity contribution is 5.91. The number of rotatable bonds is 5. The highest BCUT2D eigenvalue weighted by Crippen LogP contribution is 2.34. The van der Waals surface area contributed by atoms with Gasteiger partial charge in [0.05, 0.1) is 11.7 Å². The van der Waals surface area contributed by atoms with E-state index in [0.717, 1.165) is 5.56 Å². The smallest absolute Gasteiger partial charge is 0.339 e. The molecule has 0 radical (unpaired) electrons. The molecular formula is C21H18N2O4. The molecule has 0 saturated carbocycles. The van der Waals surface area contributed by atoms with Crippen LogP contribution in [0.15, 0.2) is 54.9 Å². The fourth-order valence-corrected chi connectivity index (χ4v) is 2.81. The van der Waals surface area contributed by atoms with E-state index in [1.165, 1.54) is 12.1 Å². The van der Waals surface area contributed by atoms with Crippen molar-refractivity contribution in [2.75, 3.05) is 0 Å². The van der Waals surface area contributed by atoms with Crippen molar-refractivity contribution in [3.63, 3.8) is 0 Å². The van der Waals surface area contributed by atoms with Crippen LogP contribution in [0.2, 0.25) is 0 Å². The predicted molar refractivity (Wildman–Crippen MR) is 100 cm³/mol. The van der Waals surface area contributed by atoms with Crippen LogP contribution in [0.25, 0.3) is 16.8 Å². The first kappa shape index (κ1) is 18.1. The Morgan fingerprint density at radius 2 is 1.89 bits per heavy atom. The summed E-state index contributed by atoms with van der Waals surface area (Å²) < 4.78 is 7.52. The molecule has 6 heteroatoms. The molecule has 0 spiro atoms. The van der Waals surface area contributed by atoms with Gasteiger partial charge >= 0.3 is 5.97 Å². The van der Waals surface area contributed by atoms with E-state index < -0.39 is 5.97 Å². The molecule has 0 fully saturated rings. The summed E-state index contributed by atoms with van der Waals surface area (Å²) in [5.74, 6) is -0.868. The van der Waals surface area contributed by atoms with E-state index in [2.05, 4.69) is 6.07 Å². The molecule has 6 nitrogen and oxygen atoms in total. The fourth-order valence-electron chi connectivity index (χ4n) is 2.81. The number of benzene rings is 2. The molecule has 1 aromatic heterocycles. The van der Waals surface area contributed by atoms with Crippen molar-refractivity contribution in [2.45, 2.75) is 20.0 Å². The van der Waals surface area contributed by atoms with Gasteiger partial charge in [0.1, 0.15) is 23.1 Å². The average molecular weight is 362 g/mol. The number of carboxylic acid groups (broad SMARTS) is 1. The molecule has 3 aromatic rings. The Labute approximate surface area is 156 Å². The number of carbonyl (C=O) groups is 1. The Bertz CT molecular complexity index is 1040. The van der Waals surface area contributed by atoms with Crippen molar-refractivity contribution in [2.24, 2.45) is 0 Å². The van der Waals surface area contributed by atoms with Gasteiger partial charge in [-0.05, 0) is 32.0 Å². The number of nitrogens with zero attached hydrogens (tertiary/aromatic N) is 2. The molecule has 1 heterocycles. The third kappa shape index (κ3) is 3.62. The molecule has 0 atom stereocenters. The van der Waals surface area contributed by atoms with E-state index >= 15 is 0 Å². The molecule has 0 amide bonds. The zero-order valence-electron chi connectivity index (χ0n) is 14.9. The molecule has 0 aliphatic carbocycles. The Morgan fingerprint density at radius 3 is 2.52 bits per heavy atom. The number of ether oxygens (including phenoxy) is 1. The van der Waals surface area contributed by atoms with Crippen LogP contribution < -0.4 is 4.74 Å². The summed E-state index contributed by atoms with van der Waals surface area (Å²) in [6.45, 7) is 3.86. The van der Waals surface area contributed by atoms with Gasteiger partial charge in [0, 0.05) is 35.3 Å². The summed E-state index contributed by atoms with van der Waals surface area (Å²) in [5.41, 5.74) is 2.28. The van der Waals surface area contributed by atoms with Crippen LogP contribution in [0.4, 0.5) is 0 Å². The van der Waals surface area contributed by atoms with Gasteiger partial charge < -0.3 is 19.5 Å². The second kappa shape index (κ2) is 7.26. The van der Waals surface area contributed by atoms with Gasteiger partial charge in [0.25, 0.3) is 0 Å². The summed E-state index contributed by atoms with van der Waals surface area (Å²) in [7, 11) is 0. The Kier molecular flexibility index (Phi) is 4.86. The highest BCUT2D eigenvalue weighted by atomic mass is 16.5. The van der Waals surface area contributed by atoms with Crippen molar-refractivity contribution in [1.29, 1.82) is 5.26 Å². The third-order valence-corrected chi connectivity index (χ3v) is 4.00. The van der Waals surface area contributed by atoms with Crippen LogP contribution in [0.1, 0.15) is 29.8 Å². The van der Waals surface area contributed by atoms with E-state index in [-0.39, 0.29) is 17.4 Å². The second-order valence-corrected chi connectivity index (χ2v) is 6.27. The number of hydrogen-bond donors (Lipinski definition) is 2. The standard InChI is InChI=1S/C21H18N2O4/c1-13(2)27-20-6-4-3-5-16(20)18-12-23(11-14(18)10-22)15-7-8-17(21(25)26)19(24)9-15/h3-9,11-13,24H,1-2H3,(H,25,26). The topological polar surface area (TPSA) is 95.5 Å². The highest BCUT2D eigenvalue weighted by Gasteiger charge is 2.16. The zero-order chi connectivity index (χ0) is 19.6. The number of phenols is 1. The number of aromatic hydroxyl groups is 1. The van der Waals surface area contributed by atoms with Gasteiger partial charge in [-0.3, -0.25) is 0 Å². The van der Waals surface area contributed by atoms with E-state index in [1.807, 2.05) is 38.1 Å². The van der Waals surface area contributed by atoms with Crippen molar-refractivity contribution in [3.8, 4) is 34.4 Å². The van der Waals surface area contributed by atoms with Crippen molar-refractivity contribution >= 4 is 5.97 Å². The molecule has 0 bridgehead atoms. The maximum absolute atomic E-state index is 11.1. The summed E-state index contributed by atoms with van der Waals surface area (Å²) in [6, 6.07) is 13.9.